The molecule has 1 unspecified atom stereocenters. The number of thiocarbonyl (C=S) groups is 1. The summed E-state index contributed by atoms with van der Waals surface area (Å²) in [6.45, 7) is 0. The largest absolute Gasteiger partial charge is 0.310 e. The third-order valence-electron chi connectivity index (χ3n) is 2.59. The van der Waals surface area contributed by atoms with Gasteiger partial charge in [0.15, 0.2) is 0 Å². The smallest absolute Gasteiger partial charge is 0.300 e. The number of aromatic nitrogens is 2. The lowest BCUT2D eigenvalue weighted by Crippen LogP contribution is -2.20. The number of nitro benzene ring substituents is 1. The summed E-state index contributed by atoms with van der Waals surface area (Å²) in [6, 6.07) is 2.74. The first kappa shape index (κ1) is 12.0. The van der Waals surface area contributed by atoms with E-state index in [4.69, 9.17) is 12.2 Å². The number of nitrogens with zero attached hydrogens (tertiary/aromatic N) is 3. The van der Waals surface area contributed by atoms with Gasteiger partial charge in [0.2, 0.25) is 11.4 Å². The normalized spacial score (nSPS) is 18.8. The first-order valence-corrected chi connectivity index (χ1v) is 6.28. The minimum atomic E-state index is -0.595. The maximum absolute atomic E-state index is 11.7. The van der Waals surface area contributed by atoms with E-state index in [1.54, 1.807) is 0 Å². The molecule has 0 bridgehead atoms. The third kappa shape index (κ3) is 1.85. The van der Waals surface area contributed by atoms with E-state index in [0.29, 0.717) is 9.88 Å². The van der Waals surface area contributed by atoms with Gasteiger partial charge in [-0.05, 0) is 16.4 Å². The van der Waals surface area contributed by atoms with Crippen molar-refractivity contribution in [2.75, 3.05) is 0 Å². The number of nitrogens with one attached hydrogen (secondary N) is 1. The number of nitro groups is 1. The van der Waals surface area contributed by atoms with Crippen LogP contribution in [0, 0.1) is 10.1 Å². The summed E-state index contributed by atoms with van der Waals surface area (Å²) in [5.41, 5.74) is 0.496. The molecule has 10 heteroatoms. The summed E-state index contributed by atoms with van der Waals surface area (Å²) < 4.78 is 4.90. The first-order valence-electron chi connectivity index (χ1n) is 4.99. The summed E-state index contributed by atoms with van der Waals surface area (Å²) in [4.78, 5) is 22.0. The zero-order valence-corrected chi connectivity index (χ0v) is 10.7. The van der Waals surface area contributed by atoms with Crippen molar-refractivity contribution < 1.29 is 14.3 Å². The minimum Gasteiger partial charge on any atom is -0.310 e. The summed E-state index contributed by atoms with van der Waals surface area (Å²) >= 11 is 6.06. The lowest BCUT2D eigenvalue weighted by Gasteiger charge is -2.05. The molecule has 3 rings (SSSR count). The van der Waals surface area contributed by atoms with E-state index in [0.717, 1.165) is 11.8 Å². The highest BCUT2D eigenvalue weighted by molar-refractivity contribution is 8.24. The fraction of sp³-hybridized carbons (Fsp3) is 0.111. The molecule has 19 heavy (non-hydrogen) atoms. The lowest BCUT2D eigenvalue weighted by molar-refractivity contribution is -0.383. The van der Waals surface area contributed by atoms with E-state index in [2.05, 4.69) is 20.3 Å². The van der Waals surface area contributed by atoms with Gasteiger partial charge in [-0.3, -0.25) is 14.9 Å². The molecule has 96 valence electrons. The number of carbonyl (C=O) groups excluding carboxylic acids is 1. The quantitative estimate of drug-likeness (QED) is 0.501. The number of non-ortho nitro benzene ring substituents is 1. The highest BCUT2D eigenvalue weighted by Crippen LogP contribution is 2.39. The predicted octanol–water partition coefficient (Wildman–Crippen LogP) is 1.32. The van der Waals surface area contributed by atoms with Crippen LogP contribution < -0.4 is 5.32 Å². The second kappa shape index (κ2) is 4.24. The molecular weight excluding hydrogens is 292 g/mol. The molecule has 1 aromatic carbocycles. The molecule has 0 radical (unpaired) electrons. The van der Waals surface area contributed by atoms with Crippen molar-refractivity contribution in [2.24, 2.45) is 0 Å². The Morgan fingerprint density at radius 3 is 2.79 bits per heavy atom. The number of thioether (sulfide) groups is 1. The summed E-state index contributed by atoms with van der Waals surface area (Å²) in [7, 11) is 0. The minimum absolute atomic E-state index is 0.0220. The molecule has 1 amide bonds. The number of hydrogen-bond acceptors (Lipinski definition) is 8. The molecule has 1 aliphatic heterocycles. The molecule has 0 spiro atoms. The molecule has 1 fully saturated rings. The van der Waals surface area contributed by atoms with E-state index < -0.39 is 10.2 Å². The van der Waals surface area contributed by atoms with E-state index in [1.165, 1.54) is 12.1 Å². The van der Waals surface area contributed by atoms with Crippen molar-refractivity contribution in [3.63, 3.8) is 0 Å². The van der Waals surface area contributed by atoms with Crippen LogP contribution in [0.15, 0.2) is 16.8 Å². The molecule has 0 saturated carbocycles. The zero-order chi connectivity index (χ0) is 13.6. The summed E-state index contributed by atoms with van der Waals surface area (Å²) in [5.74, 6) is -0.284. The van der Waals surface area contributed by atoms with Crippen LogP contribution in [0.5, 0.6) is 0 Å². The lowest BCUT2D eigenvalue weighted by atomic mass is 10.1. The van der Waals surface area contributed by atoms with Crippen LogP contribution in [0.1, 0.15) is 10.8 Å². The van der Waals surface area contributed by atoms with Gasteiger partial charge in [0.1, 0.15) is 15.1 Å². The Balaban J connectivity index is 2.18. The Bertz CT molecular complexity index is 728. The number of hydrogen-bond donors (Lipinski definition) is 1. The van der Waals surface area contributed by atoms with Crippen LogP contribution in [0.25, 0.3) is 11.0 Å². The third-order valence-corrected chi connectivity index (χ3v) is 4.00. The molecule has 1 atom stereocenters. The molecule has 1 aromatic heterocycles. The van der Waals surface area contributed by atoms with Gasteiger partial charge in [-0.15, -0.1) is 0 Å². The fourth-order valence-electron chi connectivity index (χ4n) is 1.79. The SMILES string of the molecule is O=C1NC(=S)SC1c1ccc([N+](=O)[O-])c2nonc12. The highest BCUT2D eigenvalue weighted by Gasteiger charge is 2.34. The van der Waals surface area contributed by atoms with Crippen LogP contribution in [-0.2, 0) is 4.79 Å². The summed E-state index contributed by atoms with van der Waals surface area (Å²) in [5, 5.41) is 19.9. The van der Waals surface area contributed by atoms with Gasteiger partial charge in [-0.25, -0.2) is 4.63 Å². The van der Waals surface area contributed by atoms with E-state index in [1.807, 2.05) is 0 Å². The second-order valence-electron chi connectivity index (χ2n) is 3.67. The van der Waals surface area contributed by atoms with Gasteiger partial charge in [0.05, 0.1) is 4.92 Å². The van der Waals surface area contributed by atoms with Crippen LogP contribution in [0.3, 0.4) is 0 Å². The Morgan fingerprint density at radius 2 is 2.16 bits per heavy atom. The van der Waals surface area contributed by atoms with Gasteiger partial charge in [0, 0.05) is 11.6 Å². The predicted molar refractivity (Wildman–Crippen MR) is 69.5 cm³/mol. The number of rotatable bonds is 2. The van der Waals surface area contributed by atoms with Crippen molar-refractivity contribution in [3.05, 3.63) is 27.8 Å². The number of fused-ring (bicyclic) bond motifs is 1. The fourth-order valence-corrected chi connectivity index (χ4v) is 3.04. The maximum Gasteiger partial charge on any atom is 0.300 e. The second-order valence-corrected chi connectivity index (χ2v) is 5.45. The molecule has 2 aromatic rings. The van der Waals surface area contributed by atoms with Crippen molar-refractivity contribution in [1.29, 1.82) is 0 Å². The molecule has 1 N–H and O–H groups in total. The van der Waals surface area contributed by atoms with Gasteiger partial charge < -0.3 is 5.32 Å². The van der Waals surface area contributed by atoms with Crippen molar-refractivity contribution >= 4 is 50.9 Å². The summed E-state index contributed by atoms with van der Waals surface area (Å²) in [6.07, 6.45) is 0. The Hall–Kier alpha value is -2.07. The van der Waals surface area contributed by atoms with E-state index in [9.17, 15) is 14.9 Å². The van der Waals surface area contributed by atoms with Crippen LogP contribution in [0.4, 0.5) is 5.69 Å². The molecule has 8 nitrogen and oxygen atoms in total. The van der Waals surface area contributed by atoms with E-state index >= 15 is 0 Å². The number of benzene rings is 1. The monoisotopic (exact) mass is 296 g/mol. The average molecular weight is 296 g/mol. The Kier molecular flexibility index (Phi) is 2.68. The van der Waals surface area contributed by atoms with Gasteiger partial charge in [-0.1, -0.05) is 24.0 Å². The van der Waals surface area contributed by atoms with Crippen molar-refractivity contribution in [2.45, 2.75) is 5.25 Å². The van der Waals surface area contributed by atoms with Crippen LogP contribution in [-0.4, -0.2) is 25.5 Å². The molecular formula is C9H4N4O4S2. The molecule has 2 heterocycles. The van der Waals surface area contributed by atoms with Crippen LogP contribution in [0.2, 0.25) is 0 Å². The Labute approximate surface area is 114 Å². The van der Waals surface area contributed by atoms with Crippen molar-refractivity contribution in [3.8, 4) is 0 Å². The van der Waals surface area contributed by atoms with Crippen LogP contribution >= 0.6 is 24.0 Å². The number of amides is 1. The highest BCUT2D eigenvalue weighted by atomic mass is 32.2. The standard InChI is InChI=1S/C9H4N4O4S2/c14-8-7(19-9(18)10-8)3-1-2-4(13(15)16)6-5(3)11-17-12-6/h1-2,7H,(H,10,14,18). The van der Waals surface area contributed by atoms with Gasteiger partial charge >= 0.3 is 5.69 Å². The average Bonchev–Trinajstić information content (AvgIpc) is 2.94. The van der Waals surface area contributed by atoms with Gasteiger partial charge in [0.25, 0.3) is 0 Å². The molecule has 0 aliphatic carbocycles. The Morgan fingerprint density at radius 1 is 1.42 bits per heavy atom. The zero-order valence-electron chi connectivity index (χ0n) is 9.02. The number of carbonyl (C=O) groups is 1. The van der Waals surface area contributed by atoms with Crippen molar-refractivity contribution in [1.82, 2.24) is 15.6 Å². The van der Waals surface area contributed by atoms with Gasteiger partial charge in [-0.2, -0.15) is 0 Å². The molecule has 1 saturated heterocycles. The first-order chi connectivity index (χ1) is 9.08. The topological polar surface area (TPSA) is 111 Å². The van der Waals surface area contributed by atoms with E-state index in [-0.39, 0.29) is 22.6 Å². The maximum atomic E-state index is 11.7. The molecule has 1 aliphatic rings.